The molecule has 0 bridgehead atoms. The van der Waals surface area contributed by atoms with Crippen LogP contribution in [0.3, 0.4) is 0 Å². The quantitative estimate of drug-likeness (QED) is 0.186. The van der Waals surface area contributed by atoms with Crippen molar-refractivity contribution in [3.05, 3.63) is 144 Å². The number of aromatic nitrogens is 3. The van der Waals surface area contributed by atoms with E-state index >= 15 is 0 Å². The third-order valence-corrected chi connectivity index (χ3v) is 11.1. The molecular weight excluding hydrogens is 579 g/mol. The van der Waals surface area contributed by atoms with Crippen molar-refractivity contribution in [3.8, 4) is 39.0 Å². The molecular formula is C42H31N3S. The van der Waals surface area contributed by atoms with Crippen LogP contribution in [0.4, 0.5) is 0 Å². The molecule has 1 aliphatic rings. The molecule has 0 aliphatic heterocycles. The zero-order valence-corrected chi connectivity index (χ0v) is 26.8. The van der Waals surface area contributed by atoms with Gasteiger partial charge < -0.3 is 0 Å². The molecule has 0 amide bonds. The first-order chi connectivity index (χ1) is 22.5. The number of fused-ring (bicyclic) bond motifs is 7. The molecule has 8 aromatic rings. The van der Waals surface area contributed by atoms with Gasteiger partial charge in [0, 0.05) is 37.6 Å². The number of nitrogens with zero attached hydrogens (tertiary/aromatic N) is 3. The lowest BCUT2D eigenvalue weighted by molar-refractivity contribution is 0.660. The molecule has 0 atom stereocenters. The van der Waals surface area contributed by atoms with Gasteiger partial charge in [-0.1, -0.05) is 130 Å². The Labute approximate surface area is 272 Å². The maximum atomic E-state index is 5.50. The van der Waals surface area contributed by atoms with Crippen LogP contribution in [-0.2, 0) is 5.41 Å². The fourth-order valence-corrected chi connectivity index (χ4v) is 8.90. The molecule has 0 radical (unpaired) electrons. The van der Waals surface area contributed by atoms with Crippen LogP contribution >= 0.6 is 11.3 Å². The average Bonchev–Trinajstić information content (AvgIpc) is 3.70. The Morgan fingerprint density at radius 1 is 0.717 bits per heavy atom. The fourth-order valence-electron chi connectivity index (χ4n) is 7.64. The summed E-state index contributed by atoms with van der Waals surface area (Å²) in [6.45, 7) is 11.3. The van der Waals surface area contributed by atoms with Crippen molar-refractivity contribution in [2.24, 2.45) is 0 Å². The van der Waals surface area contributed by atoms with Crippen LogP contribution < -0.4 is 0 Å². The normalized spacial score (nSPS) is 13.4. The van der Waals surface area contributed by atoms with Gasteiger partial charge in [0.15, 0.2) is 0 Å². The predicted molar refractivity (Wildman–Crippen MR) is 195 cm³/mol. The first kappa shape index (κ1) is 27.0. The minimum atomic E-state index is -0.230. The van der Waals surface area contributed by atoms with Crippen LogP contribution in [0.5, 0.6) is 0 Å². The van der Waals surface area contributed by atoms with E-state index in [9.17, 15) is 0 Å². The number of hydrogen-bond acceptors (Lipinski definition) is 3. The van der Waals surface area contributed by atoms with Crippen molar-refractivity contribution in [1.82, 2.24) is 14.5 Å². The van der Waals surface area contributed by atoms with E-state index in [0.717, 1.165) is 49.9 Å². The maximum Gasteiger partial charge on any atom is 0.235 e. The van der Waals surface area contributed by atoms with E-state index in [4.69, 9.17) is 9.97 Å². The summed E-state index contributed by atoms with van der Waals surface area (Å²) in [5, 5.41) is 4.60. The Hall–Kier alpha value is -5.32. The third-order valence-electron chi connectivity index (χ3n) is 9.78. The van der Waals surface area contributed by atoms with E-state index in [0.29, 0.717) is 5.95 Å². The monoisotopic (exact) mass is 609 g/mol. The Bertz CT molecular complexity index is 2530. The average molecular weight is 610 g/mol. The van der Waals surface area contributed by atoms with Crippen molar-refractivity contribution in [1.29, 1.82) is 0 Å². The Morgan fingerprint density at radius 2 is 1.43 bits per heavy atom. The zero-order valence-electron chi connectivity index (χ0n) is 26.0. The van der Waals surface area contributed by atoms with Gasteiger partial charge >= 0.3 is 0 Å². The zero-order chi connectivity index (χ0) is 31.2. The summed E-state index contributed by atoms with van der Waals surface area (Å²) in [5.41, 5.74) is 11.2. The number of benzene rings is 5. The molecule has 1 aliphatic carbocycles. The summed E-state index contributed by atoms with van der Waals surface area (Å²) >= 11 is 1.84. The van der Waals surface area contributed by atoms with Gasteiger partial charge in [0.2, 0.25) is 5.95 Å². The lowest BCUT2D eigenvalue weighted by Crippen LogP contribution is -2.15. The Morgan fingerprint density at radius 3 is 2.24 bits per heavy atom. The second-order valence-corrected chi connectivity index (χ2v) is 13.7. The summed E-state index contributed by atoms with van der Waals surface area (Å²) in [7, 11) is 0. The van der Waals surface area contributed by atoms with Crippen LogP contribution in [0.25, 0.3) is 76.9 Å². The summed E-state index contributed by atoms with van der Waals surface area (Å²) in [6, 6.07) is 40.9. The molecule has 0 unspecified atom stereocenters. The number of rotatable bonds is 4. The molecule has 3 nitrogen and oxygen atoms in total. The van der Waals surface area contributed by atoms with E-state index in [2.05, 4.69) is 153 Å². The van der Waals surface area contributed by atoms with Gasteiger partial charge in [-0.3, -0.25) is 4.57 Å². The van der Waals surface area contributed by atoms with Gasteiger partial charge in [0.1, 0.15) is 0 Å². The Kier molecular flexibility index (Phi) is 5.78. The van der Waals surface area contributed by atoms with E-state index in [1.807, 2.05) is 11.3 Å². The predicted octanol–water partition coefficient (Wildman–Crippen LogP) is 11.4. The van der Waals surface area contributed by atoms with Gasteiger partial charge in [-0.05, 0) is 46.5 Å². The third kappa shape index (κ3) is 3.65. The number of thiophene rings is 1. The van der Waals surface area contributed by atoms with Gasteiger partial charge in [-0.2, -0.15) is 0 Å². The van der Waals surface area contributed by atoms with E-state index < -0.39 is 0 Å². The highest BCUT2D eigenvalue weighted by atomic mass is 32.1. The molecule has 0 spiro atoms. The van der Waals surface area contributed by atoms with E-state index in [1.54, 1.807) is 0 Å². The van der Waals surface area contributed by atoms with Crippen LogP contribution in [0, 0.1) is 6.92 Å². The lowest BCUT2D eigenvalue weighted by Gasteiger charge is -2.22. The van der Waals surface area contributed by atoms with Crippen LogP contribution in [0.1, 0.15) is 36.1 Å². The molecule has 3 aromatic heterocycles. The van der Waals surface area contributed by atoms with Crippen molar-refractivity contribution in [3.63, 3.8) is 0 Å². The first-order valence-corrected chi connectivity index (χ1v) is 16.5. The van der Waals surface area contributed by atoms with Crippen molar-refractivity contribution in [2.45, 2.75) is 26.2 Å². The Balaban J connectivity index is 1.49. The molecule has 0 saturated carbocycles. The number of hydrogen-bond donors (Lipinski definition) is 0. The van der Waals surface area contributed by atoms with Crippen LogP contribution in [-0.4, -0.2) is 14.5 Å². The molecule has 9 rings (SSSR count). The van der Waals surface area contributed by atoms with Gasteiger partial charge in [-0.25, -0.2) is 9.97 Å². The first-order valence-electron chi connectivity index (χ1n) is 15.7. The SMILES string of the molecule is C=Cc1c2c(n(-c3nc(-c4ccccc4)c4ccc5ccccc5c4n3)c1-c1sc3ccccc3c1C)-c1ccccc1C2(C)C. The van der Waals surface area contributed by atoms with Crippen LogP contribution in [0.2, 0.25) is 0 Å². The largest absolute Gasteiger partial charge is 0.276 e. The standard InChI is InChI=1S/C42H31N3S/c1-5-28-35-38(31-20-11-13-21-33(31)42(35,3)4)45(39(28)40-25(2)29-18-12-14-22-34(29)46-40)41-43-36(27-16-7-6-8-17-27)32-24-23-26-15-9-10-19-30(26)37(32)44-41/h5-24H,1H2,2-4H3. The second-order valence-electron chi connectivity index (χ2n) is 12.7. The van der Waals surface area contributed by atoms with Crippen molar-refractivity contribution in [2.75, 3.05) is 0 Å². The topological polar surface area (TPSA) is 30.7 Å². The lowest BCUT2D eigenvalue weighted by atomic mass is 9.80. The second kappa shape index (κ2) is 9.84. The molecule has 4 heteroatoms. The number of aryl methyl sites for hydroxylation is 1. The smallest absolute Gasteiger partial charge is 0.235 e. The molecule has 0 fully saturated rings. The van der Waals surface area contributed by atoms with Gasteiger partial charge in [0.05, 0.1) is 27.5 Å². The summed E-state index contributed by atoms with van der Waals surface area (Å²) in [4.78, 5) is 12.2. The van der Waals surface area contributed by atoms with Crippen molar-refractivity contribution >= 4 is 49.2 Å². The molecule has 0 saturated heterocycles. The summed E-state index contributed by atoms with van der Waals surface area (Å²) in [5.74, 6) is 0.673. The van der Waals surface area contributed by atoms with Crippen molar-refractivity contribution < 1.29 is 0 Å². The molecule has 46 heavy (non-hydrogen) atoms. The minimum Gasteiger partial charge on any atom is -0.276 e. The van der Waals surface area contributed by atoms with Gasteiger partial charge in [-0.15, -0.1) is 11.3 Å². The van der Waals surface area contributed by atoms with E-state index in [-0.39, 0.29) is 5.41 Å². The fraction of sp³-hybridized carbons (Fsp3) is 0.0952. The van der Waals surface area contributed by atoms with Crippen LogP contribution in [0.15, 0.2) is 122 Å². The highest BCUT2D eigenvalue weighted by molar-refractivity contribution is 7.22. The summed E-state index contributed by atoms with van der Waals surface area (Å²) < 4.78 is 3.62. The van der Waals surface area contributed by atoms with Gasteiger partial charge in [0.25, 0.3) is 0 Å². The maximum absolute atomic E-state index is 5.50. The highest BCUT2D eigenvalue weighted by Crippen LogP contribution is 2.56. The minimum absolute atomic E-state index is 0.230. The molecule has 220 valence electrons. The highest BCUT2D eigenvalue weighted by Gasteiger charge is 2.43. The summed E-state index contributed by atoms with van der Waals surface area (Å²) in [6.07, 6.45) is 2.05. The molecule has 5 aromatic carbocycles. The molecule has 3 heterocycles. The molecule has 0 N–H and O–H groups in total. The van der Waals surface area contributed by atoms with E-state index in [1.165, 1.54) is 37.2 Å².